The van der Waals surface area contributed by atoms with Crippen LogP contribution in [0.15, 0.2) is 65.4 Å². The first-order chi connectivity index (χ1) is 14.1. The lowest BCUT2D eigenvalue weighted by molar-refractivity contribution is -0.120. The number of hydrogen-bond donors (Lipinski definition) is 1. The van der Waals surface area contributed by atoms with Crippen molar-refractivity contribution in [1.29, 1.82) is 0 Å². The molecule has 29 heavy (non-hydrogen) atoms. The van der Waals surface area contributed by atoms with Gasteiger partial charge in [0.05, 0.1) is 5.92 Å². The van der Waals surface area contributed by atoms with Crippen molar-refractivity contribution < 1.29 is 9.18 Å². The van der Waals surface area contributed by atoms with Gasteiger partial charge in [0, 0.05) is 41.2 Å². The first kappa shape index (κ1) is 19.5. The second-order valence-electron chi connectivity index (χ2n) is 7.06. The summed E-state index contributed by atoms with van der Waals surface area (Å²) < 4.78 is 14.1. The van der Waals surface area contributed by atoms with E-state index in [4.69, 9.17) is 0 Å². The van der Waals surface area contributed by atoms with Crippen LogP contribution in [0.3, 0.4) is 0 Å². The molecule has 0 radical (unpaired) electrons. The summed E-state index contributed by atoms with van der Waals surface area (Å²) in [5.41, 5.74) is 2.48. The molecule has 1 fully saturated rings. The number of anilines is 2. The van der Waals surface area contributed by atoms with E-state index in [1.54, 1.807) is 24.5 Å². The fraction of sp³-hybridized carbons (Fsp3) is 0.227. The lowest BCUT2D eigenvalue weighted by atomic mass is 9.97. The third-order valence-electron chi connectivity index (χ3n) is 5.00. The van der Waals surface area contributed by atoms with E-state index < -0.39 is 0 Å². The van der Waals surface area contributed by atoms with Crippen molar-refractivity contribution >= 4 is 33.5 Å². The fourth-order valence-corrected chi connectivity index (χ4v) is 3.69. The maximum atomic E-state index is 13.1. The summed E-state index contributed by atoms with van der Waals surface area (Å²) in [5.74, 6) is 0.233. The van der Waals surface area contributed by atoms with Crippen LogP contribution in [0.25, 0.3) is 11.1 Å². The maximum absolute atomic E-state index is 13.1. The fourth-order valence-electron chi connectivity index (χ4n) is 3.43. The number of amides is 1. The summed E-state index contributed by atoms with van der Waals surface area (Å²) in [6, 6.07) is 13.8. The van der Waals surface area contributed by atoms with Crippen LogP contribution in [-0.4, -0.2) is 29.0 Å². The largest absolute Gasteiger partial charge is 0.340 e. The number of nitrogens with zero attached hydrogens (tertiary/aromatic N) is 3. The Morgan fingerprint density at radius 3 is 2.41 bits per heavy atom. The van der Waals surface area contributed by atoms with Gasteiger partial charge in [-0.1, -0.05) is 28.1 Å². The van der Waals surface area contributed by atoms with Crippen LogP contribution >= 0.6 is 15.9 Å². The highest BCUT2D eigenvalue weighted by Gasteiger charge is 2.27. The molecule has 1 saturated heterocycles. The van der Waals surface area contributed by atoms with Gasteiger partial charge in [-0.05, 0) is 54.8 Å². The quantitative estimate of drug-likeness (QED) is 0.608. The van der Waals surface area contributed by atoms with Gasteiger partial charge in [-0.2, -0.15) is 0 Å². The molecule has 1 aromatic heterocycles. The van der Waals surface area contributed by atoms with Crippen molar-refractivity contribution in [2.75, 3.05) is 23.3 Å². The number of carbonyl (C=O) groups excluding carboxylic acids is 1. The van der Waals surface area contributed by atoms with Crippen LogP contribution in [0, 0.1) is 11.7 Å². The third kappa shape index (κ3) is 4.79. The molecule has 4 rings (SSSR count). The van der Waals surface area contributed by atoms with Gasteiger partial charge < -0.3 is 10.2 Å². The normalized spacial score (nSPS) is 16.5. The maximum Gasteiger partial charge on any atom is 0.229 e. The summed E-state index contributed by atoms with van der Waals surface area (Å²) in [6.45, 7) is 1.40. The van der Waals surface area contributed by atoms with E-state index in [1.165, 1.54) is 12.1 Å². The van der Waals surface area contributed by atoms with Gasteiger partial charge in [-0.15, -0.1) is 0 Å². The molecule has 3 aromatic rings. The number of halogens is 2. The highest BCUT2D eigenvalue weighted by molar-refractivity contribution is 9.10. The van der Waals surface area contributed by atoms with E-state index in [9.17, 15) is 9.18 Å². The Morgan fingerprint density at radius 2 is 1.72 bits per heavy atom. The van der Waals surface area contributed by atoms with E-state index in [1.807, 2.05) is 29.2 Å². The molecule has 0 spiro atoms. The van der Waals surface area contributed by atoms with Crippen molar-refractivity contribution in [1.82, 2.24) is 9.97 Å². The molecule has 2 aromatic carbocycles. The third-order valence-corrected chi connectivity index (χ3v) is 5.53. The minimum absolute atomic E-state index is 0.0138. The van der Waals surface area contributed by atoms with Gasteiger partial charge in [-0.3, -0.25) is 4.79 Å². The number of benzene rings is 2. The molecule has 7 heteroatoms. The minimum Gasteiger partial charge on any atom is -0.340 e. The molecule has 2 heterocycles. The Hall–Kier alpha value is -2.80. The average molecular weight is 455 g/mol. The summed E-state index contributed by atoms with van der Waals surface area (Å²) in [4.78, 5) is 23.7. The molecular weight excluding hydrogens is 435 g/mol. The number of rotatable bonds is 4. The Labute approximate surface area is 177 Å². The standard InChI is InChI=1S/C22H20BrFN4O/c23-18-5-9-20(10-6-18)27-21(29)16-2-1-11-28(14-16)22-25-12-17(13-26-22)15-3-7-19(24)8-4-15/h3-10,12-13,16H,1-2,11,14H2,(H,27,29)/t16-/m1/s1. The average Bonchev–Trinajstić information content (AvgIpc) is 2.76. The zero-order valence-electron chi connectivity index (χ0n) is 15.7. The zero-order valence-corrected chi connectivity index (χ0v) is 17.3. The van der Waals surface area contributed by atoms with Crippen LogP contribution in [0.4, 0.5) is 16.0 Å². The van der Waals surface area contributed by atoms with Crippen molar-refractivity contribution in [3.63, 3.8) is 0 Å². The van der Waals surface area contributed by atoms with Crippen LogP contribution in [0.1, 0.15) is 12.8 Å². The van der Waals surface area contributed by atoms with Gasteiger partial charge >= 0.3 is 0 Å². The first-order valence-electron chi connectivity index (χ1n) is 9.48. The second kappa shape index (κ2) is 8.69. The predicted octanol–water partition coefficient (Wildman–Crippen LogP) is 4.90. The number of hydrogen-bond acceptors (Lipinski definition) is 4. The SMILES string of the molecule is O=C(Nc1ccc(Br)cc1)[C@@H]1CCCN(c2ncc(-c3ccc(F)cc3)cn2)C1. The molecule has 1 atom stereocenters. The molecule has 1 aliphatic rings. The van der Waals surface area contributed by atoms with E-state index in [0.29, 0.717) is 12.5 Å². The molecule has 0 bridgehead atoms. The second-order valence-corrected chi connectivity index (χ2v) is 7.98. The molecule has 148 valence electrons. The van der Waals surface area contributed by atoms with Gasteiger partial charge in [0.1, 0.15) is 5.82 Å². The smallest absolute Gasteiger partial charge is 0.229 e. The van der Waals surface area contributed by atoms with Crippen LogP contribution in [0.2, 0.25) is 0 Å². The van der Waals surface area contributed by atoms with Crippen LogP contribution < -0.4 is 10.2 Å². The van der Waals surface area contributed by atoms with Gasteiger partial charge in [0.25, 0.3) is 0 Å². The summed E-state index contributed by atoms with van der Waals surface area (Å²) in [5, 5.41) is 2.99. The molecule has 1 aliphatic heterocycles. The zero-order chi connectivity index (χ0) is 20.2. The van der Waals surface area contributed by atoms with E-state index >= 15 is 0 Å². The predicted molar refractivity (Wildman–Crippen MR) is 115 cm³/mol. The van der Waals surface area contributed by atoms with E-state index in [-0.39, 0.29) is 17.6 Å². The number of carbonyl (C=O) groups is 1. The molecule has 0 aliphatic carbocycles. The number of aromatic nitrogens is 2. The molecule has 0 unspecified atom stereocenters. The lowest BCUT2D eigenvalue weighted by Gasteiger charge is -2.32. The van der Waals surface area contributed by atoms with E-state index in [0.717, 1.165) is 40.7 Å². The molecular formula is C22H20BrFN4O. The molecule has 0 saturated carbocycles. The topological polar surface area (TPSA) is 58.1 Å². The summed E-state index contributed by atoms with van der Waals surface area (Å²) in [6.07, 6.45) is 5.22. The Morgan fingerprint density at radius 1 is 1.03 bits per heavy atom. The monoisotopic (exact) mass is 454 g/mol. The highest BCUT2D eigenvalue weighted by atomic mass is 79.9. The molecule has 1 N–H and O–H groups in total. The Bertz CT molecular complexity index is 977. The number of piperidine rings is 1. The highest BCUT2D eigenvalue weighted by Crippen LogP contribution is 2.24. The minimum atomic E-state index is -0.271. The van der Waals surface area contributed by atoms with Crippen molar-refractivity contribution in [3.8, 4) is 11.1 Å². The first-order valence-corrected chi connectivity index (χ1v) is 10.3. The van der Waals surface area contributed by atoms with Crippen molar-refractivity contribution in [3.05, 3.63) is 71.2 Å². The summed E-state index contributed by atoms with van der Waals surface area (Å²) >= 11 is 3.40. The summed E-state index contributed by atoms with van der Waals surface area (Å²) in [7, 11) is 0. The van der Waals surface area contributed by atoms with Crippen molar-refractivity contribution in [2.24, 2.45) is 5.92 Å². The molecule has 5 nitrogen and oxygen atoms in total. The van der Waals surface area contributed by atoms with E-state index in [2.05, 4.69) is 31.2 Å². The van der Waals surface area contributed by atoms with Gasteiger partial charge in [0.15, 0.2) is 0 Å². The Kier molecular flexibility index (Phi) is 5.85. The van der Waals surface area contributed by atoms with Gasteiger partial charge in [-0.25, -0.2) is 14.4 Å². The Balaban J connectivity index is 1.41. The van der Waals surface area contributed by atoms with Crippen molar-refractivity contribution in [2.45, 2.75) is 12.8 Å². The lowest BCUT2D eigenvalue weighted by Crippen LogP contribution is -2.41. The molecule has 1 amide bonds. The van der Waals surface area contributed by atoms with Crippen LogP contribution in [0.5, 0.6) is 0 Å². The van der Waals surface area contributed by atoms with Gasteiger partial charge in [0.2, 0.25) is 11.9 Å². The van der Waals surface area contributed by atoms with Crippen LogP contribution in [-0.2, 0) is 4.79 Å². The number of nitrogens with one attached hydrogen (secondary N) is 1.